The Morgan fingerprint density at radius 1 is 1.88 bits per heavy atom. The van der Waals surface area contributed by atoms with Gasteiger partial charge in [0.2, 0.25) is 0 Å². The molecular formula is C6H10O2. The van der Waals surface area contributed by atoms with Crippen LogP contribution in [0.1, 0.15) is 13.3 Å². The first kappa shape index (κ1) is 5.76. The van der Waals surface area contributed by atoms with Gasteiger partial charge in [0.05, 0.1) is 0 Å². The molecule has 0 spiro atoms. The van der Waals surface area contributed by atoms with Gasteiger partial charge in [-0.25, -0.2) is 0 Å². The highest BCUT2D eigenvalue weighted by Crippen LogP contribution is 2.38. The summed E-state index contributed by atoms with van der Waals surface area (Å²) in [7, 11) is 0. The lowest BCUT2D eigenvalue weighted by molar-refractivity contribution is -0.118. The third-order valence-corrected chi connectivity index (χ3v) is 1.68. The Bertz CT molecular complexity index is 109. The van der Waals surface area contributed by atoms with Crippen LogP contribution in [0.15, 0.2) is 0 Å². The highest BCUT2D eigenvalue weighted by Gasteiger charge is 2.39. The summed E-state index contributed by atoms with van der Waals surface area (Å²) >= 11 is 0. The maximum Gasteiger partial charge on any atom is 0.133 e. The van der Waals surface area contributed by atoms with E-state index in [0.717, 1.165) is 6.42 Å². The van der Waals surface area contributed by atoms with E-state index in [0.29, 0.717) is 5.92 Å². The Morgan fingerprint density at radius 2 is 2.50 bits per heavy atom. The second-order valence-electron chi connectivity index (χ2n) is 2.40. The smallest absolute Gasteiger partial charge is 0.133 e. The average Bonchev–Trinajstić information content (AvgIpc) is 2.42. The van der Waals surface area contributed by atoms with E-state index >= 15 is 0 Å². The van der Waals surface area contributed by atoms with Crippen LogP contribution in [-0.2, 0) is 4.79 Å². The molecule has 0 aromatic rings. The van der Waals surface area contributed by atoms with Crippen molar-refractivity contribution in [2.75, 3.05) is 6.61 Å². The van der Waals surface area contributed by atoms with Crippen LogP contribution in [0.25, 0.3) is 0 Å². The first-order valence-corrected chi connectivity index (χ1v) is 2.87. The molecule has 1 fully saturated rings. The third kappa shape index (κ3) is 0.892. The molecule has 2 atom stereocenters. The maximum atomic E-state index is 10.5. The van der Waals surface area contributed by atoms with Gasteiger partial charge in [0, 0.05) is 12.5 Å². The van der Waals surface area contributed by atoms with Crippen LogP contribution in [0.2, 0.25) is 0 Å². The van der Waals surface area contributed by atoms with Gasteiger partial charge in [-0.1, -0.05) is 0 Å². The van der Waals surface area contributed by atoms with Gasteiger partial charge in [0.25, 0.3) is 0 Å². The first-order valence-electron chi connectivity index (χ1n) is 2.87. The standard InChI is InChI=1S/C6H10O2/c1-4(8)6-2-5(6)3-7/h5-7H,2-3H2,1H3/t5-,6-/m0/s1. The Kier molecular flexibility index (Phi) is 1.34. The van der Waals surface area contributed by atoms with Gasteiger partial charge >= 0.3 is 0 Å². The molecule has 2 nitrogen and oxygen atoms in total. The molecule has 0 radical (unpaired) electrons. The summed E-state index contributed by atoms with van der Waals surface area (Å²) in [5.74, 6) is 0.719. The molecule has 1 aliphatic carbocycles. The van der Waals surface area contributed by atoms with E-state index in [-0.39, 0.29) is 18.3 Å². The second kappa shape index (κ2) is 1.86. The molecule has 0 aromatic heterocycles. The second-order valence-corrected chi connectivity index (χ2v) is 2.40. The molecule has 0 aliphatic heterocycles. The van der Waals surface area contributed by atoms with Crippen molar-refractivity contribution in [3.63, 3.8) is 0 Å². The molecule has 0 heterocycles. The molecule has 1 rings (SSSR count). The van der Waals surface area contributed by atoms with Crippen molar-refractivity contribution in [1.82, 2.24) is 0 Å². The minimum absolute atomic E-state index is 0.185. The van der Waals surface area contributed by atoms with Crippen molar-refractivity contribution in [1.29, 1.82) is 0 Å². The normalized spacial score (nSPS) is 34.8. The van der Waals surface area contributed by atoms with Crippen LogP contribution in [-0.4, -0.2) is 17.5 Å². The largest absolute Gasteiger partial charge is 0.396 e. The molecule has 1 N–H and O–H groups in total. The molecule has 1 saturated carbocycles. The molecule has 0 bridgehead atoms. The lowest BCUT2D eigenvalue weighted by Crippen LogP contribution is -1.97. The highest BCUT2D eigenvalue weighted by molar-refractivity contribution is 5.81. The molecule has 8 heavy (non-hydrogen) atoms. The summed E-state index contributed by atoms with van der Waals surface area (Å²) in [6.07, 6.45) is 0.909. The van der Waals surface area contributed by atoms with Crippen LogP contribution >= 0.6 is 0 Å². The van der Waals surface area contributed by atoms with Gasteiger partial charge in [-0.3, -0.25) is 4.79 Å². The summed E-state index contributed by atoms with van der Waals surface area (Å²) in [4.78, 5) is 10.5. The van der Waals surface area contributed by atoms with Gasteiger partial charge < -0.3 is 5.11 Å². The Balaban J connectivity index is 2.26. The van der Waals surface area contributed by atoms with Gasteiger partial charge in [0.1, 0.15) is 5.78 Å². The quantitative estimate of drug-likeness (QED) is 0.557. The summed E-state index contributed by atoms with van der Waals surface area (Å²) in [6.45, 7) is 1.77. The summed E-state index contributed by atoms with van der Waals surface area (Å²) in [5.41, 5.74) is 0. The van der Waals surface area contributed by atoms with Crippen LogP contribution in [0.5, 0.6) is 0 Å². The van der Waals surface area contributed by atoms with Crippen LogP contribution in [0.4, 0.5) is 0 Å². The van der Waals surface area contributed by atoms with Gasteiger partial charge in [-0.05, 0) is 19.3 Å². The van der Waals surface area contributed by atoms with Crippen molar-refractivity contribution in [3.8, 4) is 0 Å². The van der Waals surface area contributed by atoms with Gasteiger partial charge in [0.15, 0.2) is 0 Å². The monoisotopic (exact) mass is 114 g/mol. The number of aliphatic hydroxyl groups is 1. The van der Waals surface area contributed by atoms with Crippen LogP contribution in [0, 0.1) is 11.8 Å². The first-order chi connectivity index (χ1) is 3.75. The third-order valence-electron chi connectivity index (χ3n) is 1.68. The number of hydrogen-bond donors (Lipinski definition) is 1. The van der Waals surface area contributed by atoms with Crippen molar-refractivity contribution < 1.29 is 9.90 Å². The van der Waals surface area contributed by atoms with E-state index in [1.807, 2.05) is 0 Å². The van der Waals surface area contributed by atoms with E-state index in [1.54, 1.807) is 6.92 Å². The van der Waals surface area contributed by atoms with Crippen LogP contribution < -0.4 is 0 Å². The highest BCUT2D eigenvalue weighted by atomic mass is 16.3. The molecule has 1 aliphatic rings. The van der Waals surface area contributed by atoms with Crippen molar-refractivity contribution in [3.05, 3.63) is 0 Å². The molecule has 0 unspecified atom stereocenters. The minimum atomic E-state index is 0.185. The molecule has 0 saturated heterocycles. The zero-order valence-corrected chi connectivity index (χ0v) is 4.92. The number of hydrogen-bond acceptors (Lipinski definition) is 2. The zero-order valence-electron chi connectivity index (χ0n) is 4.92. The van der Waals surface area contributed by atoms with Crippen molar-refractivity contribution in [2.24, 2.45) is 11.8 Å². The fourth-order valence-electron chi connectivity index (χ4n) is 0.947. The van der Waals surface area contributed by atoms with Crippen LogP contribution in [0.3, 0.4) is 0 Å². The van der Waals surface area contributed by atoms with Gasteiger partial charge in [-0.15, -0.1) is 0 Å². The Hall–Kier alpha value is -0.370. The maximum absolute atomic E-state index is 10.5. The van der Waals surface area contributed by atoms with E-state index in [4.69, 9.17) is 5.11 Å². The van der Waals surface area contributed by atoms with E-state index < -0.39 is 0 Å². The van der Waals surface area contributed by atoms with Crippen molar-refractivity contribution >= 4 is 5.78 Å². The minimum Gasteiger partial charge on any atom is -0.396 e. The fourth-order valence-corrected chi connectivity index (χ4v) is 0.947. The van der Waals surface area contributed by atoms with E-state index in [9.17, 15) is 4.79 Å². The van der Waals surface area contributed by atoms with Gasteiger partial charge in [-0.2, -0.15) is 0 Å². The van der Waals surface area contributed by atoms with Crippen molar-refractivity contribution in [2.45, 2.75) is 13.3 Å². The fraction of sp³-hybridized carbons (Fsp3) is 0.833. The SMILES string of the molecule is CC(=O)[C@@H]1C[C@H]1CO. The lowest BCUT2D eigenvalue weighted by atomic mass is 10.2. The molecule has 0 aromatic carbocycles. The predicted molar refractivity (Wildman–Crippen MR) is 29.4 cm³/mol. The molecule has 46 valence electrons. The average molecular weight is 114 g/mol. The molecule has 2 heteroatoms. The molecular weight excluding hydrogens is 104 g/mol. The predicted octanol–water partition coefficient (Wildman–Crippen LogP) is 0.204. The lowest BCUT2D eigenvalue weighted by Gasteiger charge is -1.85. The van der Waals surface area contributed by atoms with E-state index in [1.165, 1.54) is 0 Å². The Labute approximate surface area is 48.5 Å². The number of Topliss-reactive ketones (excluding diaryl/α,β-unsaturated/α-hetero) is 1. The topological polar surface area (TPSA) is 37.3 Å². The number of rotatable bonds is 2. The number of aliphatic hydroxyl groups excluding tert-OH is 1. The summed E-state index contributed by atoms with van der Waals surface area (Å²) < 4.78 is 0. The Morgan fingerprint density at radius 3 is 2.62 bits per heavy atom. The number of carbonyl (C=O) groups excluding carboxylic acids is 1. The van der Waals surface area contributed by atoms with E-state index in [2.05, 4.69) is 0 Å². The summed E-state index contributed by atoms with van der Waals surface area (Å²) in [6, 6.07) is 0. The number of carbonyl (C=O) groups is 1. The number of ketones is 1. The molecule has 0 amide bonds. The summed E-state index contributed by atoms with van der Waals surface area (Å²) in [5, 5.41) is 8.47. The zero-order chi connectivity index (χ0) is 6.15.